The van der Waals surface area contributed by atoms with E-state index in [1.54, 1.807) is 18.2 Å². The summed E-state index contributed by atoms with van der Waals surface area (Å²) in [5.41, 5.74) is 0.464. The number of anilines is 1. The monoisotopic (exact) mass is 394 g/mol. The van der Waals surface area contributed by atoms with E-state index in [1.807, 2.05) is 29.2 Å². The van der Waals surface area contributed by atoms with E-state index in [9.17, 15) is 13.2 Å². The van der Waals surface area contributed by atoms with Gasteiger partial charge in [-0.15, -0.1) is 13.2 Å². The Bertz CT molecular complexity index is 807. The fraction of sp³-hybridized carbons (Fsp3) is 0.400. The van der Waals surface area contributed by atoms with Gasteiger partial charge >= 0.3 is 6.36 Å². The van der Waals surface area contributed by atoms with Gasteiger partial charge in [-0.25, -0.2) is 0 Å². The van der Waals surface area contributed by atoms with Crippen LogP contribution in [0.3, 0.4) is 0 Å². The van der Waals surface area contributed by atoms with Crippen molar-refractivity contribution in [3.63, 3.8) is 0 Å². The second kappa shape index (κ2) is 7.79. The molecule has 2 aromatic carbocycles. The average Bonchev–Trinajstić information content (AvgIpc) is 2.68. The van der Waals surface area contributed by atoms with Crippen LogP contribution in [0.2, 0.25) is 0 Å². The van der Waals surface area contributed by atoms with Gasteiger partial charge in [0, 0.05) is 32.7 Å². The van der Waals surface area contributed by atoms with Crippen LogP contribution in [0.1, 0.15) is 0 Å². The second-order valence-corrected chi connectivity index (χ2v) is 6.80. The van der Waals surface area contributed by atoms with E-state index in [1.165, 1.54) is 6.07 Å². The molecule has 1 fully saturated rings. The maximum atomic E-state index is 12.6. The fourth-order valence-corrected chi connectivity index (χ4v) is 3.54. The number of ether oxygens (including phenoxy) is 3. The van der Waals surface area contributed by atoms with E-state index in [4.69, 9.17) is 9.47 Å². The number of rotatable bonds is 4. The molecule has 8 heteroatoms. The van der Waals surface area contributed by atoms with Gasteiger partial charge < -0.3 is 19.1 Å². The molecule has 0 radical (unpaired) electrons. The van der Waals surface area contributed by atoms with Gasteiger partial charge in [-0.1, -0.05) is 24.3 Å². The number of hydrogen-bond donors (Lipinski definition) is 0. The predicted molar refractivity (Wildman–Crippen MR) is 98.1 cm³/mol. The van der Waals surface area contributed by atoms with Gasteiger partial charge in [0.25, 0.3) is 0 Å². The summed E-state index contributed by atoms with van der Waals surface area (Å²) in [5, 5.41) is 0. The highest BCUT2D eigenvalue weighted by atomic mass is 19.4. The quantitative estimate of drug-likeness (QED) is 0.793. The van der Waals surface area contributed by atoms with E-state index >= 15 is 0 Å². The largest absolute Gasteiger partial charge is 0.573 e. The third-order valence-electron chi connectivity index (χ3n) is 4.83. The van der Waals surface area contributed by atoms with E-state index in [-0.39, 0.29) is 11.9 Å². The molecule has 0 bridgehead atoms. The molecule has 2 aromatic rings. The zero-order valence-corrected chi connectivity index (χ0v) is 15.2. The smallest absolute Gasteiger partial charge is 0.486 e. The van der Waals surface area contributed by atoms with Crippen LogP contribution in [0.5, 0.6) is 17.2 Å². The van der Waals surface area contributed by atoms with Gasteiger partial charge in [0.1, 0.15) is 12.7 Å². The summed E-state index contributed by atoms with van der Waals surface area (Å²) in [6, 6.07) is 13.8. The number of benzene rings is 2. The van der Waals surface area contributed by atoms with Crippen LogP contribution in [0.4, 0.5) is 18.9 Å². The summed E-state index contributed by atoms with van der Waals surface area (Å²) in [6.07, 6.45) is -4.77. The summed E-state index contributed by atoms with van der Waals surface area (Å²) >= 11 is 0. The molecular weight excluding hydrogens is 373 g/mol. The molecule has 2 heterocycles. The number of hydrogen-bond acceptors (Lipinski definition) is 5. The van der Waals surface area contributed by atoms with Crippen molar-refractivity contribution in [3.05, 3.63) is 48.5 Å². The van der Waals surface area contributed by atoms with Crippen LogP contribution in [0.25, 0.3) is 0 Å². The molecule has 0 aromatic heterocycles. The summed E-state index contributed by atoms with van der Waals surface area (Å²) in [5.74, 6) is 1.34. The van der Waals surface area contributed by atoms with Crippen molar-refractivity contribution in [2.45, 2.75) is 12.5 Å². The summed E-state index contributed by atoms with van der Waals surface area (Å²) < 4.78 is 53.8. The Balaban J connectivity index is 1.33. The Labute approximate surface area is 161 Å². The first-order valence-electron chi connectivity index (χ1n) is 9.18. The zero-order chi connectivity index (χ0) is 19.6. The highest BCUT2D eigenvalue weighted by molar-refractivity contribution is 5.58. The number of piperazine rings is 1. The normalized spacial score (nSPS) is 20.1. The molecule has 0 N–H and O–H groups in total. The summed E-state index contributed by atoms with van der Waals surface area (Å²) in [7, 11) is 0. The van der Waals surface area contributed by atoms with Gasteiger partial charge in [0.05, 0.1) is 5.69 Å². The van der Waals surface area contributed by atoms with Gasteiger partial charge in [0.2, 0.25) is 0 Å². The lowest BCUT2D eigenvalue weighted by molar-refractivity contribution is -0.274. The molecule has 5 nitrogen and oxygen atoms in total. The number of fused-ring (bicyclic) bond motifs is 1. The van der Waals surface area contributed by atoms with E-state index in [2.05, 4.69) is 9.64 Å². The third-order valence-corrected chi connectivity index (χ3v) is 4.83. The number of alkyl halides is 3. The lowest BCUT2D eigenvalue weighted by atomic mass is 10.2. The highest BCUT2D eigenvalue weighted by Crippen LogP contribution is 2.34. The van der Waals surface area contributed by atoms with Crippen molar-refractivity contribution in [3.8, 4) is 17.2 Å². The average molecular weight is 394 g/mol. The van der Waals surface area contributed by atoms with Crippen LogP contribution in [0, 0.1) is 0 Å². The van der Waals surface area contributed by atoms with Crippen LogP contribution < -0.4 is 19.1 Å². The maximum Gasteiger partial charge on any atom is 0.573 e. The molecule has 0 spiro atoms. The fourth-order valence-electron chi connectivity index (χ4n) is 3.54. The van der Waals surface area contributed by atoms with E-state index < -0.39 is 6.36 Å². The minimum atomic E-state index is -4.70. The molecule has 4 rings (SSSR count). The molecular formula is C20H21F3N2O3. The standard InChI is InChI=1S/C20H21F3N2O3/c21-20(22,23)28-17-6-2-1-5-16(17)25-11-9-24(10-12-25)13-15-14-26-18-7-3-4-8-19(18)27-15/h1-8,15H,9-14H2. The minimum Gasteiger partial charge on any atom is -0.486 e. The molecule has 1 unspecified atom stereocenters. The van der Waals surface area contributed by atoms with Crippen LogP contribution >= 0.6 is 0 Å². The molecule has 2 aliphatic rings. The lowest BCUT2D eigenvalue weighted by Gasteiger charge is -2.38. The number of halogens is 3. The summed E-state index contributed by atoms with van der Waals surface area (Å²) in [4.78, 5) is 4.16. The molecule has 0 amide bonds. The topological polar surface area (TPSA) is 34.2 Å². The Morgan fingerprint density at radius 1 is 0.929 bits per heavy atom. The molecule has 0 aliphatic carbocycles. The van der Waals surface area contributed by atoms with Crippen LogP contribution in [0.15, 0.2) is 48.5 Å². The van der Waals surface area contributed by atoms with E-state index in [0.29, 0.717) is 31.9 Å². The van der Waals surface area contributed by atoms with Crippen LogP contribution in [-0.2, 0) is 0 Å². The first-order chi connectivity index (χ1) is 13.5. The van der Waals surface area contributed by atoms with Crippen molar-refractivity contribution in [2.24, 2.45) is 0 Å². The van der Waals surface area contributed by atoms with Crippen molar-refractivity contribution in [2.75, 3.05) is 44.2 Å². The Morgan fingerprint density at radius 3 is 2.36 bits per heavy atom. The van der Waals surface area contributed by atoms with Gasteiger partial charge in [0.15, 0.2) is 17.2 Å². The Morgan fingerprint density at radius 2 is 1.61 bits per heavy atom. The maximum absolute atomic E-state index is 12.6. The Hall–Kier alpha value is -2.61. The van der Waals surface area contributed by atoms with Gasteiger partial charge in [-0.2, -0.15) is 0 Å². The third kappa shape index (κ3) is 4.44. The molecule has 1 atom stereocenters. The number of para-hydroxylation sites is 4. The zero-order valence-electron chi connectivity index (χ0n) is 15.2. The minimum absolute atomic E-state index is 0.0673. The molecule has 28 heavy (non-hydrogen) atoms. The Kier molecular flexibility index (Phi) is 5.21. The van der Waals surface area contributed by atoms with Gasteiger partial charge in [-0.3, -0.25) is 4.90 Å². The number of nitrogens with zero attached hydrogens (tertiary/aromatic N) is 2. The SMILES string of the molecule is FC(F)(F)Oc1ccccc1N1CCN(CC2COc3ccccc3O2)CC1. The molecule has 1 saturated heterocycles. The summed E-state index contributed by atoms with van der Waals surface area (Å²) in [6.45, 7) is 3.87. The molecule has 150 valence electrons. The van der Waals surface area contributed by atoms with Crippen molar-refractivity contribution in [1.29, 1.82) is 0 Å². The van der Waals surface area contributed by atoms with Crippen molar-refractivity contribution in [1.82, 2.24) is 4.90 Å². The lowest BCUT2D eigenvalue weighted by Crippen LogP contribution is -2.50. The van der Waals surface area contributed by atoms with Crippen LogP contribution in [-0.4, -0.2) is 56.7 Å². The highest BCUT2D eigenvalue weighted by Gasteiger charge is 2.33. The van der Waals surface area contributed by atoms with E-state index in [0.717, 1.165) is 24.6 Å². The predicted octanol–water partition coefficient (Wildman–Crippen LogP) is 3.55. The first kappa shape index (κ1) is 18.7. The van der Waals surface area contributed by atoms with Crippen molar-refractivity contribution < 1.29 is 27.4 Å². The molecule has 2 aliphatic heterocycles. The van der Waals surface area contributed by atoms with Gasteiger partial charge in [-0.05, 0) is 24.3 Å². The van der Waals surface area contributed by atoms with Crippen molar-refractivity contribution >= 4 is 5.69 Å². The second-order valence-electron chi connectivity index (χ2n) is 6.80. The molecule has 0 saturated carbocycles. The first-order valence-corrected chi connectivity index (χ1v) is 9.18.